The molecule has 0 spiro atoms. The second kappa shape index (κ2) is 4.59. The van der Waals surface area contributed by atoms with Crippen molar-refractivity contribution in [2.45, 2.75) is 6.92 Å². The minimum absolute atomic E-state index is 0.639. The van der Waals surface area contributed by atoms with Crippen LogP contribution in [0.2, 0.25) is 0 Å². The number of carbonyl (C=O) groups is 1. The lowest BCUT2D eigenvalue weighted by atomic mass is 10.7. The van der Waals surface area contributed by atoms with Gasteiger partial charge < -0.3 is 5.32 Å². The highest BCUT2D eigenvalue weighted by atomic mass is 16.1. The van der Waals surface area contributed by atoms with E-state index in [4.69, 9.17) is 0 Å². The molecule has 3 nitrogen and oxygen atoms in total. The van der Waals surface area contributed by atoms with Gasteiger partial charge in [-0.15, -0.1) is 0 Å². The van der Waals surface area contributed by atoms with E-state index in [1.54, 1.807) is 0 Å². The number of nitrogens with one attached hydrogen (secondary N) is 1. The molecule has 0 unspecified atom stereocenters. The normalized spacial score (nSPS) is 9.38. The van der Waals surface area contributed by atoms with E-state index in [2.05, 4.69) is 5.32 Å². The number of rotatable bonds is 4. The van der Waals surface area contributed by atoms with Crippen LogP contribution in [0.15, 0.2) is 0 Å². The van der Waals surface area contributed by atoms with Crippen molar-refractivity contribution in [1.29, 1.82) is 0 Å². The van der Waals surface area contributed by atoms with E-state index < -0.39 is 0 Å². The summed E-state index contributed by atoms with van der Waals surface area (Å²) in [5.74, 6) is 0. The van der Waals surface area contributed by atoms with Crippen molar-refractivity contribution >= 4 is 6.41 Å². The Morgan fingerprint density at radius 3 is 2.75 bits per heavy atom. The highest BCUT2D eigenvalue weighted by Gasteiger charge is 1.87. The van der Waals surface area contributed by atoms with Gasteiger partial charge in [0.1, 0.15) is 0 Å². The quantitative estimate of drug-likeness (QED) is 0.402. The average molecular weight is 116 g/mol. The van der Waals surface area contributed by atoms with E-state index in [0.29, 0.717) is 13.1 Å². The lowest BCUT2D eigenvalue weighted by Gasteiger charge is -2.11. The Morgan fingerprint density at radius 2 is 2.38 bits per heavy atom. The molecule has 0 rings (SSSR count). The fourth-order valence-corrected chi connectivity index (χ4v) is 0.305. The van der Waals surface area contributed by atoms with Crippen molar-refractivity contribution in [3.63, 3.8) is 0 Å². The van der Waals surface area contributed by atoms with Crippen LogP contribution in [0.4, 0.5) is 0 Å². The predicted octanol–water partition coefficient (Wildman–Crippen LogP) is -0.358. The molecule has 48 valence electrons. The third-order valence-corrected chi connectivity index (χ3v) is 0.984. The lowest BCUT2D eigenvalue weighted by molar-refractivity contribution is -0.110. The van der Waals surface area contributed by atoms with E-state index >= 15 is 0 Å². The predicted molar refractivity (Wildman–Crippen MR) is 32.4 cm³/mol. The van der Waals surface area contributed by atoms with Crippen LogP contribution in [0.3, 0.4) is 0 Å². The third kappa shape index (κ3) is 3.61. The average Bonchev–Trinajstić information content (AvgIpc) is 1.83. The fourth-order valence-electron chi connectivity index (χ4n) is 0.305. The zero-order chi connectivity index (χ0) is 6.41. The number of carbonyl (C=O) groups excluding carboxylic acids is 1. The lowest BCUT2D eigenvalue weighted by Crippen LogP contribution is -2.29. The van der Waals surface area contributed by atoms with Crippen LogP contribution in [0.5, 0.6) is 0 Å². The first-order valence-electron chi connectivity index (χ1n) is 2.66. The van der Waals surface area contributed by atoms with Crippen molar-refractivity contribution in [3.05, 3.63) is 0 Å². The molecule has 0 radical (unpaired) electrons. The van der Waals surface area contributed by atoms with Crippen molar-refractivity contribution in [3.8, 4) is 0 Å². The molecule has 0 saturated carbocycles. The van der Waals surface area contributed by atoms with Gasteiger partial charge in [-0.25, -0.2) is 0 Å². The van der Waals surface area contributed by atoms with Crippen molar-refractivity contribution in [2.75, 3.05) is 20.3 Å². The van der Waals surface area contributed by atoms with E-state index in [1.165, 1.54) is 0 Å². The van der Waals surface area contributed by atoms with Gasteiger partial charge in [0.25, 0.3) is 0 Å². The highest BCUT2D eigenvalue weighted by Crippen LogP contribution is 1.72. The maximum atomic E-state index is 9.69. The highest BCUT2D eigenvalue weighted by molar-refractivity contribution is 5.45. The monoisotopic (exact) mass is 116 g/mol. The molecule has 0 aliphatic carbocycles. The molecule has 0 aromatic heterocycles. The van der Waals surface area contributed by atoms with Crippen molar-refractivity contribution in [1.82, 2.24) is 10.2 Å². The van der Waals surface area contributed by atoms with Crippen molar-refractivity contribution in [2.24, 2.45) is 0 Å². The van der Waals surface area contributed by atoms with Crippen LogP contribution in [0.25, 0.3) is 0 Å². The van der Waals surface area contributed by atoms with Gasteiger partial charge in [-0.1, -0.05) is 6.92 Å². The zero-order valence-corrected chi connectivity index (χ0v) is 5.35. The first kappa shape index (κ1) is 7.43. The van der Waals surface area contributed by atoms with Gasteiger partial charge in [0.15, 0.2) is 0 Å². The van der Waals surface area contributed by atoms with Gasteiger partial charge in [-0.3, -0.25) is 9.69 Å². The molecule has 0 aromatic carbocycles. The van der Waals surface area contributed by atoms with Crippen LogP contribution < -0.4 is 5.32 Å². The minimum atomic E-state index is 0.639. The fraction of sp³-hybridized carbons (Fsp3) is 0.800. The van der Waals surface area contributed by atoms with Crippen molar-refractivity contribution < 1.29 is 4.79 Å². The van der Waals surface area contributed by atoms with Gasteiger partial charge in [0.2, 0.25) is 6.41 Å². The molecule has 0 fully saturated rings. The first-order valence-corrected chi connectivity index (χ1v) is 2.66. The Labute approximate surface area is 49.7 Å². The van der Waals surface area contributed by atoms with Crippen LogP contribution in [0.1, 0.15) is 6.92 Å². The number of hydrogen-bond donors (Lipinski definition) is 1. The van der Waals surface area contributed by atoms with E-state index in [0.717, 1.165) is 6.54 Å². The summed E-state index contributed by atoms with van der Waals surface area (Å²) in [6, 6.07) is 0. The molecule has 3 heteroatoms. The summed E-state index contributed by atoms with van der Waals surface area (Å²) < 4.78 is 0. The maximum Gasteiger partial charge on any atom is 0.208 e. The summed E-state index contributed by atoms with van der Waals surface area (Å²) in [5, 5.41) is 2.54. The molecule has 1 amide bonds. The number of hydrogen-bond acceptors (Lipinski definition) is 2. The second-order valence-electron chi connectivity index (χ2n) is 1.65. The second-order valence-corrected chi connectivity index (χ2v) is 1.65. The molecule has 0 aliphatic heterocycles. The Hall–Kier alpha value is -0.570. The Morgan fingerprint density at radius 1 is 1.75 bits per heavy atom. The standard InChI is InChI=1S/C5H12N2O/c1-3-7(2)4-6-5-8/h5H,3-4H2,1-2H3,(H,6,8). The molecule has 0 bridgehead atoms. The Balaban J connectivity index is 2.97. The van der Waals surface area contributed by atoms with Gasteiger partial charge in [-0.2, -0.15) is 0 Å². The SMILES string of the molecule is CCN(C)CNC=O. The summed E-state index contributed by atoms with van der Waals surface area (Å²) in [5.41, 5.74) is 0. The topological polar surface area (TPSA) is 32.3 Å². The molecular formula is C5H12N2O. The Kier molecular flexibility index (Phi) is 4.26. The summed E-state index contributed by atoms with van der Waals surface area (Å²) in [6.45, 7) is 3.63. The molecule has 0 aromatic rings. The van der Waals surface area contributed by atoms with E-state index in [-0.39, 0.29) is 0 Å². The summed E-state index contributed by atoms with van der Waals surface area (Å²) in [7, 11) is 1.94. The van der Waals surface area contributed by atoms with Gasteiger partial charge in [0, 0.05) is 0 Å². The third-order valence-electron chi connectivity index (χ3n) is 0.984. The molecule has 0 aliphatic rings. The maximum absolute atomic E-state index is 9.69. The summed E-state index contributed by atoms with van der Waals surface area (Å²) >= 11 is 0. The molecule has 8 heavy (non-hydrogen) atoms. The largest absolute Gasteiger partial charge is 0.346 e. The first-order chi connectivity index (χ1) is 3.81. The Bertz CT molecular complexity index is 65.4. The van der Waals surface area contributed by atoms with Crippen LogP contribution in [0, 0.1) is 0 Å². The molecule has 0 heterocycles. The number of nitrogens with zero attached hydrogens (tertiary/aromatic N) is 1. The molecule has 0 saturated heterocycles. The van der Waals surface area contributed by atoms with E-state index in [9.17, 15) is 4.79 Å². The van der Waals surface area contributed by atoms with E-state index in [1.807, 2.05) is 18.9 Å². The van der Waals surface area contributed by atoms with Gasteiger partial charge in [0.05, 0.1) is 6.67 Å². The van der Waals surface area contributed by atoms with Crippen LogP contribution in [-0.2, 0) is 4.79 Å². The minimum Gasteiger partial charge on any atom is -0.346 e. The molecule has 0 atom stereocenters. The summed E-state index contributed by atoms with van der Waals surface area (Å²) in [6.07, 6.45) is 0.701. The van der Waals surface area contributed by atoms with Gasteiger partial charge in [-0.05, 0) is 13.6 Å². The van der Waals surface area contributed by atoms with Crippen LogP contribution in [-0.4, -0.2) is 31.6 Å². The molecular weight excluding hydrogens is 104 g/mol. The van der Waals surface area contributed by atoms with Crippen LogP contribution >= 0.6 is 0 Å². The smallest absolute Gasteiger partial charge is 0.208 e. The van der Waals surface area contributed by atoms with Gasteiger partial charge >= 0.3 is 0 Å². The number of amides is 1. The summed E-state index contributed by atoms with van der Waals surface area (Å²) in [4.78, 5) is 11.7. The molecule has 1 N–H and O–H groups in total. The zero-order valence-electron chi connectivity index (χ0n) is 5.35.